The van der Waals surface area contributed by atoms with Gasteiger partial charge in [0.15, 0.2) is 0 Å². The summed E-state index contributed by atoms with van der Waals surface area (Å²) in [6, 6.07) is 74.3. The summed E-state index contributed by atoms with van der Waals surface area (Å²) in [7, 11) is 0. The molecule has 0 aliphatic heterocycles. The topological polar surface area (TPSA) is 12.9 Å². The number of rotatable bonds is 5. The zero-order valence-electron chi connectivity index (χ0n) is 35.5. The first kappa shape index (κ1) is 36.5. The molecule has 2 aliphatic carbocycles. The second kappa shape index (κ2) is 13.6. The van der Waals surface area contributed by atoms with Crippen LogP contribution in [0.3, 0.4) is 0 Å². The lowest BCUT2D eigenvalue weighted by Gasteiger charge is -2.23. The van der Waals surface area contributed by atoms with Crippen LogP contribution in [0.15, 0.2) is 200 Å². The summed E-state index contributed by atoms with van der Waals surface area (Å²) >= 11 is 0. The Morgan fingerprint density at radius 1 is 0.274 bits per heavy atom. The number of pyridine rings is 1. The van der Waals surface area contributed by atoms with Crippen molar-refractivity contribution >= 4 is 21.5 Å². The minimum atomic E-state index is -0.119. The van der Waals surface area contributed by atoms with Gasteiger partial charge in [0, 0.05) is 22.0 Å². The Bertz CT molecular complexity index is 3390. The third kappa shape index (κ3) is 5.44. The summed E-state index contributed by atoms with van der Waals surface area (Å²) in [5.74, 6) is 0. The van der Waals surface area contributed by atoms with Crippen molar-refractivity contribution in [3.63, 3.8) is 0 Å². The molecule has 0 N–H and O–H groups in total. The number of aromatic nitrogens is 1. The van der Waals surface area contributed by atoms with Crippen LogP contribution in [0.5, 0.6) is 0 Å². The average molecular weight is 792 g/mol. The first-order valence-electron chi connectivity index (χ1n) is 21.9. The minimum Gasteiger partial charge on any atom is -0.248 e. The fraction of sp³-hybridized carbons (Fsp3) is 0.0984. The maximum Gasteiger partial charge on any atom is 0.0715 e. The van der Waals surface area contributed by atoms with Gasteiger partial charge in [-0.1, -0.05) is 198 Å². The van der Waals surface area contributed by atoms with E-state index in [2.05, 4.69) is 228 Å². The summed E-state index contributed by atoms with van der Waals surface area (Å²) in [6.07, 6.45) is 0. The molecule has 0 saturated heterocycles. The van der Waals surface area contributed by atoms with Crippen molar-refractivity contribution in [3.8, 4) is 78.1 Å². The van der Waals surface area contributed by atoms with E-state index in [1.807, 2.05) is 0 Å². The van der Waals surface area contributed by atoms with E-state index in [9.17, 15) is 0 Å². The molecule has 0 fully saturated rings. The standard InChI is InChI=1S/C61H45N/c1-60(2)52-25-15-13-21-44(52)46-30-27-41(34-54(46)60)40-28-32-50-51(33-40)58(42-29-31-47-45-22-14-16-26-53(45)61(3,4)55(47)35-42)48-23-11-12-24-49(48)59(50)43-36-56(38-17-7-5-8-18-38)62-57(37-43)39-19-9-6-10-20-39/h5-37H,1-4H3. The average Bonchev–Trinajstić information content (AvgIpc) is 3.69. The molecule has 0 atom stereocenters. The number of hydrogen-bond acceptors (Lipinski definition) is 1. The summed E-state index contributed by atoms with van der Waals surface area (Å²) in [6.45, 7) is 9.50. The van der Waals surface area contributed by atoms with Gasteiger partial charge in [-0.15, -0.1) is 0 Å². The normalized spacial score (nSPS) is 14.1. The van der Waals surface area contributed by atoms with Gasteiger partial charge in [-0.25, -0.2) is 4.98 Å². The SMILES string of the molecule is CC1(C)c2ccccc2-c2ccc(-c3ccc4c(-c5cc(-c6ccccc6)nc(-c6ccccc6)c5)c5ccccc5c(-c5ccc6c(c5)C(C)(C)c5ccccc5-6)c4c3)cc21. The van der Waals surface area contributed by atoms with Crippen molar-refractivity contribution in [2.24, 2.45) is 0 Å². The van der Waals surface area contributed by atoms with E-state index < -0.39 is 0 Å². The van der Waals surface area contributed by atoms with Gasteiger partial charge in [0.2, 0.25) is 0 Å². The highest BCUT2D eigenvalue weighted by atomic mass is 14.7. The zero-order valence-corrected chi connectivity index (χ0v) is 35.5. The monoisotopic (exact) mass is 791 g/mol. The van der Waals surface area contributed by atoms with Gasteiger partial charge in [-0.3, -0.25) is 0 Å². The lowest BCUT2D eigenvalue weighted by atomic mass is 9.80. The predicted octanol–water partition coefficient (Wildman–Crippen LogP) is 16.3. The van der Waals surface area contributed by atoms with Crippen LogP contribution in [0.2, 0.25) is 0 Å². The molecule has 0 spiro atoms. The van der Waals surface area contributed by atoms with Crippen molar-refractivity contribution in [1.82, 2.24) is 4.98 Å². The van der Waals surface area contributed by atoms with E-state index in [0.29, 0.717) is 0 Å². The maximum atomic E-state index is 5.30. The van der Waals surface area contributed by atoms with E-state index in [1.165, 1.54) is 93.9 Å². The summed E-state index contributed by atoms with van der Waals surface area (Å²) in [4.78, 5) is 5.30. The molecular formula is C61H45N. The lowest BCUT2D eigenvalue weighted by Crippen LogP contribution is -2.14. The molecule has 62 heavy (non-hydrogen) atoms. The molecule has 1 heteroatoms. The zero-order chi connectivity index (χ0) is 41.7. The molecule has 0 radical (unpaired) electrons. The fourth-order valence-electron chi connectivity index (χ4n) is 10.9. The molecule has 2 aliphatic rings. The molecule has 1 heterocycles. The Labute approximate surface area is 364 Å². The first-order valence-corrected chi connectivity index (χ1v) is 21.9. The predicted molar refractivity (Wildman–Crippen MR) is 262 cm³/mol. The van der Waals surface area contributed by atoms with E-state index >= 15 is 0 Å². The van der Waals surface area contributed by atoms with Gasteiger partial charge in [-0.2, -0.15) is 0 Å². The Morgan fingerprint density at radius 2 is 0.677 bits per heavy atom. The van der Waals surface area contributed by atoms with Gasteiger partial charge >= 0.3 is 0 Å². The number of fused-ring (bicyclic) bond motifs is 8. The molecule has 9 aromatic carbocycles. The van der Waals surface area contributed by atoms with Crippen LogP contribution in [0.4, 0.5) is 0 Å². The molecule has 0 bridgehead atoms. The van der Waals surface area contributed by atoms with Crippen molar-refractivity contribution in [1.29, 1.82) is 0 Å². The highest BCUT2D eigenvalue weighted by Crippen LogP contribution is 2.53. The molecule has 294 valence electrons. The van der Waals surface area contributed by atoms with Crippen molar-refractivity contribution in [2.45, 2.75) is 38.5 Å². The third-order valence-corrected chi connectivity index (χ3v) is 14.1. The van der Waals surface area contributed by atoms with Gasteiger partial charge in [-0.05, 0) is 130 Å². The quantitative estimate of drug-likeness (QED) is 0.158. The lowest BCUT2D eigenvalue weighted by molar-refractivity contribution is 0.660. The van der Waals surface area contributed by atoms with Crippen molar-refractivity contribution in [3.05, 3.63) is 222 Å². The molecule has 0 unspecified atom stereocenters. The fourth-order valence-corrected chi connectivity index (χ4v) is 10.9. The Morgan fingerprint density at radius 3 is 1.24 bits per heavy atom. The second-order valence-corrected chi connectivity index (χ2v) is 18.3. The highest BCUT2D eigenvalue weighted by Gasteiger charge is 2.37. The van der Waals surface area contributed by atoms with Gasteiger partial charge in [0.05, 0.1) is 11.4 Å². The van der Waals surface area contributed by atoms with Gasteiger partial charge in [0.25, 0.3) is 0 Å². The van der Waals surface area contributed by atoms with Crippen LogP contribution < -0.4 is 0 Å². The van der Waals surface area contributed by atoms with Crippen molar-refractivity contribution in [2.75, 3.05) is 0 Å². The highest BCUT2D eigenvalue weighted by molar-refractivity contribution is 6.22. The number of hydrogen-bond donors (Lipinski definition) is 0. The maximum absolute atomic E-state index is 5.30. The Hall–Kier alpha value is -7.35. The first-order chi connectivity index (χ1) is 30.3. The van der Waals surface area contributed by atoms with Crippen LogP contribution in [0.25, 0.3) is 99.7 Å². The third-order valence-electron chi connectivity index (χ3n) is 14.1. The molecule has 0 amide bonds. The summed E-state index contributed by atoms with van der Waals surface area (Å²) in [5, 5.41) is 4.94. The van der Waals surface area contributed by atoms with Crippen molar-refractivity contribution < 1.29 is 0 Å². The van der Waals surface area contributed by atoms with Crippen LogP contribution in [-0.2, 0) is 10.8 Å². The summed E-state index contributed by atoms with van der Waals surface area (Å²) < 4.78 is 0. The Balaban J connectivity index is 1.15. The molecule has 0 saturated carbocycles. The largest absolute Gasteiger partial charge is 0.248 e. The van der Waals surface area contributed by atoms with E-state index in [0.717, 1.165) is 28.1 Å². The van der Waals surface area contributed by atoms with Crippen LogP contribution in [0.1, 0.15) is 49.9 Å². The number of nitrogens with zero attached hydrogens (tertiary/aromatic N) is 1. The molecular weight excluding hydrogens is 747 g/mol. The molecule has 1 aromatic heterocycles. The second-order valence-electron chi connectivity index (χ2n) is 18.3. The van der Waals surface area contributed by atoms with E-state index in [-0.39, 0.29) is 10.8 Å². The smallest absolute Gasteiger partial charge is 0.0715 e. The van der Waals surface area contributed by atoms with E-state index in [4.69, 9.17) is 4.98 Å². The van der Waals surface area contributed by atoms with Crippen LogP contribution in [-0.4, -0.2) is 4.98 Å². The van der Waals surface area contributed by atoms with Crippen LogP contribution in [0, 0.1) is 0 Å². The molecule has 12 rings (SSSR count). The van der Waals surface area contributed by atoms with E-state index in [1.54, 1.807) is 0 Å². The molecule has 10 aromatic rings. The molecule has 1 nitrogen and oxygen atoms in total. The Kier molecular flexibility index (Phi) is 7.99. The summed E-state index contributed by atoms with van der Waals surface area (Å²) in [5.41, 5.74) is 22.2. The van der Waals surface area contributed by atoms with Gasteiger partial charge in [0.1, 0.15) is 0 Å². The van der Waals surface area contributed by atoms with Gasteiger partial charge < -0.3 is 0 Å². The van der Waals surface area contributed by atoms with Crippen LogP contribution >= 0.6 is 0 Å². The number of benzene rings is 9. The minimum absolute atomic E-state index is 0.0869.